The smallest absolute Gasteiger partial charge is 0.222 e. The van der Waals surface area contributed by atoms with E-state index in [0.29, 0.717) is 0 Å². The number of hydrogen-bond acceptors (Lipinski definition) is 3. The van der Waals surface area contributed by atoms with Gasteiger partial charge in [-0.3, -0.25) is 0 Å². The van der Waals surface area contributed by atoms with Crippen molar-refractivity contribution in [1.82, 2.24) is 14.8 Å². The molecule has 0 bridgehead atoms. The zero-order valence-electron chi connectivity index (χ0n) is 11.9. The van der Waals surface area contributed by atoms with E-state index in [1.807, 2.05) is 28.9 Å². The Morgan fingerprint density at radius 3 is 2.68 bits per heavy atom. The summed E-state index contributed by atoms with van der Waals surface area (Å²) < 4.78 is 1.94. The number of nitrogens with one attached hydrogen (secondary N) is 1. The van der Waals surface area contributed by atoms with Crippen LogP contribution in [0.5, 0.6) is 0 Å². The lowest BCUT2D eigenvalue weighted by molar-refractivity contribution is 0.431. The van der Waals surface area contributed by atoms with Crippen LogP contribution in [0.3, 0.4) is 0 Å². The lowest BCUT2D eigenvalue weighted by Gasteiger charge is -2.31. The Hall–Kier alpha value is -2.33. The quantitative estimate of drug-likeness (QED) is 0.775. The normalized spacial score (nSPS) is 20.2. The molecular formula is C17H15ClN4. The molecule has 110 valence electrons. The number of benzene rings is 2. The SMILES string of the molecule is Clc1cccc(C2CC(c3ccccc3)Nc3ncnn32)c1. The maximum atomic E-state index is 6.16. The van der Waals surface area contributed by atoms with E-state index >= 15 is 0 Å². The van der Waals surface area contributed by atoms with Crippen LogP contribution >= 0.6 is 11.6 Å². The molecule has 0 saturated carbocycles. The van der Waals surface area contributed by atoms with Crippen molar-refractivity contribution in [3.05, 3.63) is 77.1 Å². The first-order valence-corrected chi connectivity index (χ1v) is 7.65. The summed E-state index contributed by atoms with van der Waals surface area (Å²) in [4.78, 5) is 4.34. The van der Waals surface area contributed by atoms with Gasteiger partial charge in [0, 0.05) is 5.02 Å². The first-order valence-electron chi connectivity index (χ1n) is 7.28. The lowest BCUT2D eigenvalue weighted by Crippen LogP contribution is -2.28. The molecule has 4 nitrogen and oxygen atoms in total. The third-order valence-electron chi connectivity index (χ3n) is 4.07. The van der Waals surface area contributed by atoms with E-state index in [1.54, 1.807) is 6.33 Å². The summed E-state index contributed by atoms with van der Waals surface area (Å²) in [6.45, 7) is 0. The van der Waals surface area contributed by atoms with Crippen molar-refractivity contribution in [3.8, 4) is 0 Å². The number of nitrogens with zero attached hydrogens (tertiary/aromatic N) is 3. The van der Waals surface area contributed by atoms with Gasteiger partial charge in [0.2, 0.25) is 5.95 Å². The van der Waals surface area contributed by atoms with Gasteiger partial charge < -0.3 is 5.32 Å². The largest absolute Gasteiger partial charge is 0.348 e. The summed E-state index contributed by atoms with van der Waals surface area (Å²) in [6.07, 6.45) is 2.49. The third-order valence-corrected chi connectivity index (χ3v) is 4.30. The van der Waals surface area contributed by atoms with E-state index < -0.39 is 0 Å². The van der Waals surface area contributed by atoms with Crippen LogP contribution in [-0.4, -0.2) is 14.8 Å². The molecule has 0 spiro atoms. The fraction of sp³-hybridized carbons (Fsp3) is 0.176. The molecule has 1 aromatic heterocycles. The molecule has 0 radical (unpaired) electrons. The van der Waals surface area contributed by atoms with E-state index in [0.717, 1.165) is 23.0 Å². The fourth-order valence-corrected chi connectivity index (χ4v) is 3.21. The second-order valence-electron chi connectivity index (χ2n) is 5.44. The summed E-state index contributed by atoms with van der Waals surface area (Å²) in [5.74, 6) is 0.796. The predicted octanol–water partition coefficient (Wildman–Crippen LogP) is 4.08. The summed E-state index contributed by atoms with van der Waals surface area (Å²) in [5.41, 5.74) is 2.41. The van der Waals surface area contributed by atoms with Crippen LogP contribution in [-0.2, 0) is 0 Å². The Bertz CT molecular complexity index is 784. The van der Waals surface area contributed by atoms with Crippen molar-refractivity contribution in [2.24, 2.45) is 0 Å². The molecule has 1 aliphatic heterocycles. The highest BCUT2D eigenvalue weighted by molar-refractivity contribution is 6.30. The summed E-state index contributed by atoms with van der Waals surface area (Å²) in [7, 11) is 0. The van der Waals surface area contributed by atoms with Gasteiger partial charge in [-0.05, 0) is 29.7 Å². The van der Waals surface area contributed by atoms with Gasteiger partial charge in [-0.2, -0.15) is 10.1 Å². The Labute approximate surface area is 133 Å². The van der Waals surface area contributed by atoms with Crippen LogP contribution in [0.1, 0.15) is 29.6 Å². The van der Waals surface area contributed by atoms with Gasteiger partial charge in [-0.25, -0.2) is 4.68 Å². The Morgan fingerprint density at radius 2 is 1.86 bits per heavy atom. The first kappa shape index (κ1) is 13.3. The van der Waals surface area contributed by atoms with E-state index in [-0.39, 0.29) is 12.1 Å². The van der Waals surface area contributed by atoms with Gasteiger partial charge >= 0.3 is 0 Å². The molecule has 0 amide bonds. The van der Waals surface area contributed by atoms with Crippen molar-refractivity contribution in [3.63, 3.8) is 0 Å². The molecule has 0 saturated heterocycles. The van der Waals surface area contributed by atoms with E-state index in [2.05, 4.69) is 45.7 Å². The molecule has 5 heteroatoms. The number of rotatable bonds is 2. The molecule has 0 fully saturated rings. The van der Waals surface area contributed by atoms with Crippen LogP contribution in [0.15, 0.2) is 60.9 Å². The Kier molecular flexibility index (Phi) is 3.31. The average Bonchev–Trinajstić information content (AvgIpc) is 3.03. The molecule has 4 rings (SSSR count). The van der Waals surface area contributed by atoms with Crippen molar-refractivity contribution >= 4 is 17.5 Å². The number of hydrogen-bond donors (Lipinski definition) is 1. The number of aromatic nitrogens is 3. The second-order valence-corrected chi connectivity index (χ2v) is 5.88. The van der Waals surface area contributed by atoms with Crippen molar-refractivity contribution < 1.29 is 0 Å². The highest BCUT2D eigenvalue weighted by Gasteiger charge is 2.29. The zero-order valence-corrected chi connectivity index (χ0v) is 12.6. The predicted molar refractivity (Wildman–Crippen MR) is 87.0 cm³/mol. The van der Waals surface area contributed by atoms with E-state index in [4.69, 9.17) is 11.6 Å². The molecule has 0 aliphatic carbocycles. The minimum atomic E-state index is 0.127. The molecule has 1 N–H and O–H groups in total. The maximum absolute atomic E-state index is 6.16. The standard InChI is InChI=1S/C17H15ClN4/c18-14-8-4-7-13(9-14)16-10-15(12-5-2-1-3-6-12)21-17-19-11-20-22(16)17/h1-9,11,15-16H,10H2,(H,19,20,21). The van der Waals surface area contributed by atoms with Crippen LogP contribution in [0.25, 0.3) is 0 Å². The average molecular weight is 311 g/mol. The topological polar surface area (TPSA) is 42.7 Å². The molecule has 2 aromatic carbocycles. The molecular weight excluding hydrogens is 296 g/mol. The monoisotopic (exact) mass is 310 g/mol. The highest BCUT2D eigenvalue weighted by Crippen LogP contribution is 2.37. The van der Waals surface area contributed by atoms with Crippen LogP contribution in [0, 0.1) is 0 Å². The van der Waals surface area contributed by atoms with E-state index in [1.165, 1.54) is 5.56 Å². The number of halogens is 1. The highest BCUT2D eigenvalue weighted by atomic mass is 35.5. The first-order chi connectivity index (χ1) is 10.8. The van der Waals surface area contributed by atoms with Crippen LogP contribution in [0.2, 0.25) is 5.02 Å². The van der Waals surface area contributed by atoms with Gasteiger partial charge in [0.25, 0.3) is 0 Å². The summed E-state index contributed by atoms with van der Waals surface area (Å²) >= 11 is 6.16. The second kappa shape index (κ2) is 5.46. The lowest BCUT2D eigenvalue weighted by atomic mass is 9.93. The maximum Gasteiger partial charge on any atom is 0.222 e. The minimum absolute atomic E-state index is 0.127. The number of anilines is 1. The third kappa shape index (κ3) is 2.35. The van der Waals surface area contributed by atoms with Crippen LogP contribution in [0.4, 0.5) is 5.95 Å². The van der Waals surface area contributed by atoms with Crippen LogP contribution < -0.4 is 5.32 Å². The molecule has 3 aromatic rings. The summed E-state index contributed by atoms with van der Waals surface area (Å²) in [5, 5.41) is 8.58. The molecule has 1 aliphatic rings. The molecule has 2 heterocycles. The molecule has 2 atom stereocenters. The number of fused-ring (bicyclic) bond motifs is 1. The van der Waals surface area contributed by atoms with Gasteiger partial charge in [0.15, 0.2) is 0 Å². The van der Waals surface area contributed by atoms with Crippen molar-refractivity contribution in [2.75, 3.05) is 5.32 Å². The fourth-order valence-electron chi connectivity index (χ4n) is 3.02. The van der Waals surface area contributed by atoms with Gasteiger partial charge in [-0.15, -0.1) is 0 Å². The van der Waals surface area contributed by atoms with Gasteiger partial charge in [0.1, 0.15) is 6.33 Å². The van der Waals surface area contributed by atoms with Gasteiger partial charge in [-0.1, -0.05) is 54.1 Å². The zero-order chi connectivity index (χ0) is 14.9. The Balaban J connectivity index is 1.75. The van der Waals surface area contributed by atoms with Crippen molar-refractivity contribution in [1.29, 1.82) is 0 Å². The van der Waals surface area contributed by atoms with Gasteiger partial charge in [0.05, 0.1) is 12.1 Å². The minimum Gasteiger partial charge on any atom is -0.348 e. The molecule has 2 unspecified atom stereocenters. The molecule has 22 heavy (non-hydrogen) atoms. The van der Waals surface area contributed by atoms with Crippen molar-refractivity contribution in [2.45, 2.75) is 18.5 Å². The summed E-state index contributed by atoms with van der Waals surface area (Å²) in [6, 6.07) is 18.7. The Morgan fingerprint density at radius 1 is 1.05 bits per heavy atom. The van der Waals surface area contributed by atoms with E-state index in [9.17, 15) is 0 Å².